The number of ether oxygens (including phenoxy) is 1. The smallest absolute Gasteiger partial charge is 0.377 e. The molecule has 0 unspecified atom stereocenters. The number of carbonyl (C=O) groups excluding carboxylic acids is 1. The summed E-state index contributed by atoms with van der Waals surface area (Å²) >= 11 is 0. The van der Waals surface area contributed by atoms with Gasteiger partial charge in [-0.1, -0.05) is 30.3 Å². The number of aliphatic carboxylic acids is 1. The molecule has 0 spiro atoms. The van der Waals surface area contributed by atoms with Crippen molar-refractivity contribution in [2.45, 2.75) is 12.8 Å². The molecular formula is C17H16O4. The van der Waals surface area contributed by atoms with Crippen LogP contribution in [0.2, 0.25) is 0 Å². The molecule has 0 saturated heterocycles. The van der Waals surface area contributed by atoms with E-state index < -0.39 is 11.8 Å². The second-order valence-corrected chi connectivity index (χ2v) is 4.60. The van der Waals surface area contributed by atoms with Crippen LogP contribution < -0.4 is 4.74 Å². The molecule has 0 amide bonds. The van der Waals surface area contributed by atoms with E-state index in [1.54, 1.807) is 12.1 Å². The van der Waals surface area contributed by atoms with Crippen molar-refractivity contribution in [1.29, 1.82) is 0 Å². The van der Waals surface area contributed by atoms with Crippen LogP contribution >= 0.6 is 0 Å². The number of ketones is 1. The molecule has 0 aliphatic carbocycles. The minimum atomic E-state index is -1.45. The van der Waals surface area contributed by atoms with E-state index in [0.29, 0.717) is 12.4 Å². The Labute approximate surface area is 123 Å². The molecule has 0 aromatic heterocycles. The quantitative estimate of drug-likeness (QED) is 0.482. The Bertz CT molecular complexity index is 602. The number of carbonyl (C=O) groups is 2. The summed E-state index contributed by atoms with van der Waals surface area (Å²) in [6.45, 7) is 0.571. The number of Topliss-reactive ketones (excluding diaryl/α,β-unsaturated/α-hetero) is 1. The van der Waals surface area contributed by atoms with Crippen LogP contribution in [-0.2, 0) is 11.2 Å². The topological polar surface area (TPSA) is 63.6 Å². The van der Waals surface area contributed by atoms with E-state index in [-0.39, 0.29) is 5.56 Å². The summed E-state index contributed by atoms with van der Waals surface area (Å²) in [6.07, 6.45) is 1.83. The molecule has 0 saturated carbocycles. The number of rotatable bonds is 7. The summed E-state index contributed by atoms with van der Waals surface area (Å²) in [6, 6.07) is 16.3. The Morgan fingerprint density at radius 3 is 2.24 bits per heavy atom. The van der Waals surface area contributed by atoms with Gasteiger partial charge in [0.2, 0.25) is 0 Å². The molecule has 0 fully saturated rings. The first kappa shape index (κ1) is 14.8. The third-order valence-corrected chi connectivity index (χ3v) is 3.03. The van der Waals surface area contributed by atoms with Crippen LogP contribution in [0.3, 0.4) is 0 Å². The van der Waals surface area contributed by atoms with E-state index in [0.717, 1.165) is 12.8 Å². The molecule has 2 aromatic carbocycles. The molecule has 1 N–H and O–H groups in total. The van der Waals surface area contributed by atoms with E-state index in [9.17, 15) is 9.59 Å². The molecule has 0 radical (unpaired) electrons. The second-order valence-electron chi connectivity index (χ2n) is 4.60. The summed E-state index contributed by atoms with van der Waals surface area (Å²) in [5.41, 5.74) is 1.42. The molecule has 0 aliphatic rings. The Morgan fingerprint density at radius 2 is 1.62 bits per heavy atom. The lowest BCUT2D eigenvalue weighted by atomic mass is 10.1. The molecule has 2 rings (SSSR count). The number of benzene rings is 2. The fourth-order valence-electron chi connectivity index (χ4n) is 1.94. The first-order valence-electron chi connectivity index (χ1n) is 6.71. The molecule has 0 atom stereocenters. The van der Waals surface area contributed by atoms with Crippen LogP contribution in [0, 0.1) is 0 Å². The van der Waals surface area contributed by atoms with Gasteiger partial charge in [-0.25, -0.2) is 4.79 Å². The van der Waals surface area contributed by atoms with Crippen molar-refractivity contribution in [3.8, 4) is 5.75 Å². The summed E-state index contributed by atoms with van der Waals surface area (Å²) in [5.74, 6) is -1.73. The van der Waals surface area contributed by atoms with Gasteiger partial charge in [0.1, 0.15) is 5.75 Å². The van der Waals surface area contributed by atoms with E-state index in [1.165, 1.54) is 17.7 Å². The van der Waals surface area contributed by atoms with Gasteiger partial charge in [0, 0.05) is 5.56 Å². The minimum Gasteiger partial charge on any atom is -0.494 e. The SMILES string of the molecule is O=C(O)C(=O)c1ccc(OCCCc2ccccc2)cc1. The van der Waals surface area contributed by atoms with Crippen molar-refractivity contribution in [3.05, 3.63) is 65.7 Å². The van der Waals surface area contributed by atoms with E-state index in [1.807, 2.05) is 18.2 Å². The highest BCUT2D eigenvalue weighted by Gasteiger charge is 2.13. The molecule has 0 heterocycles. The lowest BCUT2D eigenvalue weighted by molar-refractivity contribution is -0.131. The van der Waals surface area contributed by atoms with Crippen LogP contribution in [0.4, 0.5) is 0 Å². The molecule has 0 aliphatic heterocycles. The zero-order valence-electron chi connectivity index (χ0n) is 11.5. The lowest BCUT2D eigenvalue weighted by Gasteiger charge is -2.06. The molecule has 108 valence electrons. The fourth-order valence-corrected chi connectivity index (χ4v) is 1.94. The van der Waals surface area contributed by atoms with Gasteiger partial charge in [-0.2, -0.15) is 0 Å². The van der Waals surface area contributed by atoms with E-state index in [2.05, 4.69) is 12.1 Å². The first-order valence-corrected chi connectivity index (χ1v) is 6.71. The van der Waals surface area contributed by atoms with Gasteiger partial charge < -0.3 is 9.84 Å². The number of carboxylic acid groups (broad SMARTS) is 1. The van der Waals surface area contributed by atoms with Crippen molar-refractivity contribution in [3.63, 3.8) is 0 Å². The second kappa shape index (κ2) is 7.24. The third-order valence-electron chi connectivity index (χ3n) is 3.03. The van der Waals surface area contributed by atoms with E-state index in [4.69, 9.17) is 9.84 Å². The molecule has 4 heteroatoms. The van der Waals surface area contributed by atoms with Gasteiger partial charge in [-0.15, -0.1) is 0 Å². The number of hydrogen-bond acceptors (Lipinski definition) is 3. The zero-order valence-corrected chi connectivity index (χ0v) is 11.5. The van der Waals surface area contributed by atoms with Crippen molar-refractivity contribution < 1.29 is 19.4 Å². The van der Waals surface area contributed by atoms with Gasteiger partial charge in [0.15, 0.2) is 0 Å². The molecule has 21 heavy (non-hydrogen) atoms. The van der Waals surface area contributed by atoms with Crippen LogP contribution in [0.1, 0.15) is 22.3 Å². The van der Waals surface area contributed by atoms with E-state index >= 15 is 0 Å². The number of carboxylic acids is 1. The average Bonchev–Trinajstić information content (AvgIpc) is 2.52. The Morgan fingerprint density at radius 1 is 0.952 bits per heavy atom. The van der Waals surface area contributed by atoms with Crippen molar-refractivity contribution >= 4 is 11.8 Å². The molecule has 4 nitrogen and oxygen atoms in total. The highest BCUT2D eigenvalue weighted by Crippen LogP contribution is 2.13. The number of hydrogen-bond donors (Lipinski definition) is 1. The van der Waals surface area contributed by atoms with Crippen LogP contribution in [0.5, 0.6) is 5.75 Å². The maximum absolute atomic E-state index is 11.2. The highest BCUT2D eigenvalue weighted by molar-refractivity contribution is 6.39. The van der Waals surface area contributed by atoms with Gasteiger partial charge in [-0.05, 0) is 42.7 Å². The van der Waals surface area contributed by atoms with Gasteiger partial charge in [-0.3, -0.25) is 4.79 Å². The Kier molecular flexibility index (Phi) is 5.10. The average molecular weight is 284 g/mol. The van der Waals surface area contributed by atoms with Gasteiger partial charge in [0.25, 0.3) is 5.78 Å². The summed E-state index contributed by atoms with van der Waals surface area (Å²) in [5, 5.41) is 8.61. The minimum absolute atomic E-state index is 0.152. The predicted molar refractivity (Wildman–Crippen MR) is 78.7 cm³/mol. The summed E-state index contributed by atoms with van der Waals surface area (Å²) in [4.78, 5) is 21.8. The monoisotopic (exact) mass is 284 g/mol. The van der Waals surface area contributed by atoms with Crippen molar-refractivity contribution in [1.82, 2.24) is 0 Å². The molecule has 0 bridgehead atoms. The summed E-state index contributed by atoms with van der Waals surface area (Å²) in [7, 11) is 0. The largest absolute Gasteiger partial charge is 0.494 e. The standard InChI is InChI=1S/C17H16O4/c18-16(17(19)20)14-8-10-15(11-9-14)21-12-4-7-13-5-2-1-3-6-13/h1-3,5-6,8-11H,4,7,12H2,(H,19,20). The lowest BCUT2D eigenvalue weighted by Crippen LogP contribution is -2.12. The normalized spacial score (nSPS) is 10.1. The van der Waals surface area contributed by atoms with Crippen LogP contribution in [0.25, 0.3) is 0 Å². The Hall–Kier alpha value is -2.62. The fraction of sp³-hybridized carbons (Fsp3) is 0.176. The molecule has 2 aromatic rings. The van der Waals surface area contributed by atoms with Crippen molar-refractivity contribution in [2.24, 2.45) is 0 Å². The maximum atomic E-state index is 11.2. The summed E-state index contributed by atoms with van der Waals surface area (Å²) < 4.78 is 5.56. The first-order chi connectivity index (χ1) is 10.2. The highest BCUT2D eigenvalue weighted by atomic mass is 16.5. The maximum Gasteiger partial charge on any atom is 0.377 e. The van der Waals surface area contributed by atoms with Gasteiger partial charge >= 0.3 is 5.97 Å². The molecular weight excluding hydrogens is 268 g/mol. The Balaban J connectivity index is 1.79. The third kappa shape index (κ3) is 4.45. The predicted octanol–water partition coefficient (Wildman–Crippen LogP) is 2.97. The van der Waals surface area contributed by atoms with Crippen LogP contribution in [0.15, 0.2) is 54.6 Å². The van der Waals surface area contributed by atoms with Gasteiger partial charge in [0.05, 0.1) is 6.61 Å². The van der Waals surface area contributed by atoms with Crippen molar-refractivity contribution in [2.75, 3.05) is 6.61 Å². The van der Waals surface area contributed by atoms with Crippen LogP contribution in [-0.4, -0.2) is 23.5 Å². The zero-order chi connectivity index (χ0) is 15.1. The number of aryl methyl sites for hydroxylation is 1.